The van der Waals surface area contributed by atoms with Crippen LogP contribution in [0.3, 0.4) is 0 Å². The molecule has 1 aromatic carbocycles. The highest BCUT2D eigenvalue weighted by molar-refractivity contribution is 6.39. The molecule has 0 fully saturated rings. The lowest BCUT2D eigenvalue weighted by Crippen LogP contribution is -2.43. The number of nitrogens with zero attached hydrogens (tertiary/aromatic N) is 1. The minimum atomic E-state index is -0.564. The van der Waals surface area contributed by atoms with Crippen molar-refractivity contribution < 1.29 is 9.59 Å². The molecule has 1 aromatic rings. The number of carbonyl (C=O) groups excluding carboxylic acids is 2. The number of anilines is 1. The molecule has 22 heavy (non-hydrogen) atoms. The highest BCUT2D eigenvalue weighted by Gasteiger charge is 2.23. The molecule has 0 radical (unpaired) electrons. The van der Waals surface area contributed by atoms with Crippen LogP contribution in [0.4, 0.5) is 5.69 Å². The van der Waals surface area contributed by atoms with Crippen molar-refractivity contribution in [2.75, 3.05) is 18.4 Å². The van der Waals surface area contributed by atoms with E-state index in [2.05, 4.69) is 5.32 Å². The van der Waals surface area contributed by atoms with E-state index in [1.54, 1.807) is 4.90 Å². The molecule has 0 unspecified atom stereocenters. The van der Waals surface area contributed by atoms with Gasteiger partial charge in [0.15, 0.2) is 0 Å². The first-order chi connectivity index (χ1) is 10.2. The summed E-state index contributed by atoms with van der Waals surface area (Å²) in [7, 11) is 0. The van der Waals surface area contributed by atoms with Gasteiger partial charge in [-0.25, -0.2) is 0 Å². The van der Waals surface area contributed by atoms with Crippen molar-refractivity contribution in [2.24, 2.45) is 11.8 Å². The molecule has 0 bridgehead atoms. The van der Waals surface area contributed by atoms with Crippen LogP contribution >= 0.6 is 0 Å². The Morgan fingerprint density at radius 3 is 1.82 bits per heavy atom. The number of aryl methyl sites for hydroxylation is 2. The first-order valence-electron chi connectivity index (χ1n) is 7.87. The lowest BCUT2D eigenvalue weighted by atomic mass is 10.1. The summed E-state index contributed by atoms with van der Waals surface area (Å²) in [5.74, 6) is -0.360. The summed E-state index contributed by atoms with van der Waals surface area (Å²) in [5.41, 5.74) is 2.79. The van der Waals surface area contributed by atoms with Crippen LogP contribution < -0.4 is 5.32 Å². The van der Waals surface area contributed by atoms with E-state index in [-0.39, 0.29) is 0 Å². The summed E-state index contributed by atoms with van der Waals surface area (Å²) in [6, 6.07) is 5.77. The third-order valence-electron chi connectivity index (χ3n) is 3.13. The summed E-state index contributed by atoms with van der Waals surface area (Å²) < 4.78 is 0. The molecule has 0 saturated carbocycles. The van der Waals surface area contributed by atoms with Gasteiger partial charge in [-0.1, -0.05) is 33.8 Å². The Hall–Kier alpha value is -1.84. The summed E-state index contributed by atoms with van der Waals surface area (Å²) in [6.07, 6.45) is 0. The van der Waals surface area contributed by atoms with Gasteiger partial charge in [-0.2, -0.15) is 0 Å². The predicted molar refractivity (Wildman–Crippen MR) is 90.8 cm³/mol. The molecule has 0 spiro atoms. The first-order valence-corrected chi connectivity index (χ1v) is 7.87. The van der Waals surface area contributed by atoms with Crippen LogP contribution in [0.5, 0.6) is 0 Å². The maximum atomic E-state index is 12.4. The van der Waals surface area contributed by atoms with Crippen LogP contribution in [-0.2, 0) is 9.59 Å². The van der Waals surface area contributed by atoms with Crippen LogP contribution in [0.1, 0.15) is 38.8 Å². The minimum Gasteiger partial charge on any atom is -0.334 e. The molecule has 0 saturated heterocycles. The van der Waals surface area contributed by atoms with Crippen molar-refractivity contribution in [3.8, 4) is 0 Å². The molecule has 0 atom stereocenters. The number of hydrogen-bond acceptors (Lipinski definition) is 2. The molecule has 4 heteroatoms. The Morgan fingerprint density at radius 1 is 0.955 bits per heavy atom. The lowest BCUT2D eigenvalue weighted by molar-refractivity contribution is -0.143. The van der Waals surface area contributed by atoms with Crippen molar-refractivity contribution in [2.45, 2.75) is 41.5 Å². The Morgan fingerprint density at radius 2 is 1.41 bits per heavy atom. The summed E-state index contributed by atoms with van der Waals surface area (Å²) in [5, 5.41) is 2.72. The molecule has 0 aliphatic carbocycles. The van der Waals surface area contributed by atoms with Gasteiger partial charge in [-0.05, 0) is 48.9 Å². The molecule has 1 rings (SSSR count). The van der Waals surface area contributed by atoms with Gasteiger partial charge in [-0.3, -0.25) is 9.59 Å². The molecule has 1 N–H and O–H groups in total. The normalized spacial score (nSPS) is 10.9. The average Bonchev–Trinajstić information content (AvgIpc) is 2.34. The Bertz CT molecular complexity index is 506. The van der Waals surface area contributed by atoms with Gasteiger partial charge < -0.3 is 10.2 Å². The molecule has 0 aliphatic rings. The van der Waals surface area contributed by atoms with Crippen LogP contribution in [0, 0.1) is 25.7 Å². The summed E-state index contributed by atoms with van der Waals surface area (Å²) in [4.78, 5) is 26.3. The Balaban J connectivity index is 2.82. The maximum absolute atomic E-state index is 12.4. The Kier molecular flexibility index (Phi) is 6.60. The molecular weight excluding hydrogens is 276 g/mol. The number of benzene rings is 1. The van der Waals surface area contributed by atoms with Gasteiger partial charge in [0, 0.05) is 18.8 Å². The van der Waals surface area contributed by atoms with Crippen molar-refractivity contribution in [1.29, 1.82) is 0 Å². The minimum absolute atomic E-state index is 0.330. The van der Waals surface area contributed by atoms with Crippen molar-refractivity contribution in [1.82, 2.24) is 4.90 Å². The van der Waals surface area contributed by atoms with Gasteiger partial charge in [0.2, 0.25) is 0 Å². The number of carbonyl (C=O) groups is 2. The molecule has 2 amide bonds. The van der Waals surface area contributed by atoms with Crippen LogP contribution in [-0.4, -0.2) is 29.8 Å². The Labute approximate surface area is 133 Å². The number of hydrogen-bond donors (Lipinski definition) is 1. The van der Waals surface area contributed by atoms with Gasteiger partial charge in [-0.15, -0.1) is 0 Å². The van der Waals surface area contributed by atoms with Crippen LogP contribution in [0.2, 0.25) is 0 Å². The standard InChI is InChI=1S/C18H28N2O2/c1-12(2)10-20(11-13(3)4)18(22)17(21)19-16-8-14(5)7-15(6)9-16/h7-9,12-13H,10-11H2,1-6H3,(H,19,21). The summed E-state index contributed by atoms with van der Waals surface area (Å²) in [6.45, 7) is 13.3. The predicted octanol–water partition coefficient (Wildman–Crippen LogP) is 3.38. The highest BCUT2D eigenvalue weighted by Crippen LogP contribution is 2.14. The van der Waals surface area contributed by atoms with E-state index in [0.29, 0.717) is 30.6 Å². The van der Waals surface area contributed by atoms with Gasteiger partial charge in [0.05, 0.1) is 0 Å². The maximum Gasteiger partial charge on any atom is 0.313 e. The zero-order valence-electron chi connectivity index (χ0n) is 14.6. The fourth-order valence-corrected chi connectivity index (χ4v) is 2.50. The second-order valence-corrected chi connectivity index (χ2v) is 6.83. The second-order valence-electron chi connectivity index (χ2n) is 6.83. The smallest absolute Gasteiger partial charge is 0.313 e. The van der Waals surface area contributed by atoms with E-state index in [0.717, 1.165) is 11.1 Å². The van der Waals surface area contributed by atoms with E-state index in [1.165, 1.54) is 0 Å². The van der Waals surface area contributed by atoms with E-state index in [9.17, 15) is 9.59 Å². The van der Waals surface area contributed by atoms with Crippen LogP contribution in [0.15, 0.2) is 18.2 Å². The average molecular weight is 304 g/mol. The monoisotopic (exact) mass is 304 g/mol. The zero-order chi connectivity index (χ0) is 16.9. The lowest BCUT2D eigenvalue weighted by Gasteiger charge is -2.25. The zero-order valence-corrected chi connectivity index (χ0v) is 14.6. The second kappa shape index (κ2) is 7.97. The van der Waals surface area contributed by atoms with E-state index >= 15 is 0 Å². The first kappa shape index (κ1) is 18.2. The quantitative estimate of drug-likeness (QED) is 0.848. The van der Waals surface area contributed by atoms with Crippen molar-refractivity contribution >= 4 is 17.5 Å². The molecule has 0 aliphatic heterocycles. The molecule has 0 aromatic heterocycles. The molecule has 0 heterocycles. The van der Waals surface area contributed by atoms with Gasteiger partial charge in [0.25, 0.3) is 0 Å². The van der Waals surface area contributed by atoms with E-state index in [4.69, 9.17) is 0 Å². The topological polar surface area (TPSA) is 49.4 Å². The SMILES string of the molecule is Cc1cc(C)cc(NC(=O)C(=O)N(CC(C)C)CC(C)C)c1. The molecule has 4 nitrogen and oxygen atoms in total. The molecule has 122 valence electrons. The number of nitrogens with one attached hydrogen (secondary N) is 1. The number of rotatable bonds is 5. The van der Waals surface area contributed by atoms with Crippen molar-refractivity contribution in [3.63, 3.8) is 0 Å². The fourth-order valence-electron chi connectivity index (χ4n) is 2.50. The van der Waals surface area contributed by atoms with E-state index in [1.807, 2.05) is 59.7 Å². The largest absolute Gasteiger partial charge is 0.334 e. The van der Waals surface area contributed by atoms with Gasteiger partial charge in [0.1, 0.15) is 0 Å². The molecular formula is C18H28N2O2. The summed E-state index contributed by atoms with van der Waals surface area (Å²) >= 11 is 0. The van der Waals surface area contributed by atoms with Crippen molar-refractivity contribution in [3.05, 3.63) is 29.3 Å². The van der Waals surface area contributed by atoms with Gasteiger partial charge >= 0.3 is 11.8 Å². The third kappa shape index (κ3) is 5.88. The number of amides is 2. The fraction of sp³-hybridized carbons (Fsp3) is 0.556. The third-order valence-corrected chi connectivity index (χ3v) is 3.13. The highest BCUT2D eigenvalue weighted by atomic mass is 16.2. The van der Waals surface area contributed by atoms with E-state index < -0.39 is 11.8 Å². The van der Waals surface area contributed by atoms with Crippen LogP contribution in [0.25, 0.3) is 0 Å².